The van der Waals surface area contributed by atoms with Gasteiger partial charge in [0, 0.05) is 6.04 Å². The molecule has 2 rings (SSSR count). The third-order valence-corrected chi connectivity index (χ3v) is 4.10. The molecule has 0 radical (unpaired) electrons. The van der Waals surface area contributed by atoms with Gasteiger partial charge in [-0.25, -0.2) is 12.8 Å². The number of anilines is 1. The van der Waals surface area contributed by atoms with Crippen LogP contribution in [0.15, 0.2) is 24.3 Å². The smallest absolute Gasteiger partial charge is 0.232 e. The van der Waals surface area contributed by atoms with E-state index in [4.69, 9.17) is 0 Å². The summed E-state index contributed by atoms with van der Waals surface area (Å²) in [6.07, 6.45) is 1.57. The molecule has 0 saturated carbocycles. The summed E-state index contributed by atoms with van der Waals surface area (Å²) in [5.74, 6) is -0.545. The fraction of sp³-hybridized carbons (Fsp3) is 0.455. The Labute approximate surface area is 100 Å². The Bertz CT molecular complexity index is 486. The minimum atomic E-state index is -3.46. The van der Waals surface area contributed by atoms with Crippen LogP contribution in [0.25, 0.3) is 0 Å². The van der Waals surface area contributed by atoms with Crippen molar-refractivity contribution in [3.8, 4) is 0 Å². The van der Waals surface area contributed by atoms with Gasteiger partial charge in [-0.3, -0.25) is 4.72 Å². The molecule has 2 N–H and O–H groups in total. The van der Waals surface area contributed by atoms with Gasteiger partial charge >= 0.3 is 0 Å². The van der Waals surface area contributed by atoms with Gasteiger partial charge in [0.25, 0.3) is 0 Å². The Morgan fingerprint density at radius 3 is 2.71 bits per heavy atom. The van der Waals surface area contributed by atoms with Gasteiger partial charge in [0.2, 0.25) is 10.0 Å². The molecule has 1 atom stereocenters. The lowest BCUT2D eigenvalue weighted by Gasteiger charge is -2.27. The second-order valence-electron chi connectivity index (χ2n) is 4.13. The summed E-state index contributed by atoms with van der Waals surface area (Å²) in [6.45, 7) is 0.950. The van der Waals surface area contributed by atoms with Crippen molar-refractivity contribution >= 4 is 15.7 Å². The van der Waals surface area contributed by atoms with Gasteiger partial charge in [0.1, 0.15) is 5.82 Å². The predicted octanol–water partition coefficient (Wildman–Crippen LogP) is 1.32. The largest absolute Gasteiger partial charge is 0.314 e. The monoisotopic (exact) mass is 258 g/mol. The number of benzene rings is 1. The van der Waals surface area contributed by atoms with Gasteiger partial charge in [0.15, 0.2) is 0 Å². The van der Waals surface area contributed by atoms with Crippen LogP contribution in [0, 0.1) is 5.82 Å². The topological polar surface area (TPSA) is 58.2 Å². The Morgan fingerprint density at radius 2 is 2.12 bits per heavy atom. The fourth-order valence-electron chi connectivity index (χ4n) is 1.65. The number of rotatable bonds is 5. The summed E-state index contributed by atoms with van der Waals surface area (Å²) >= 11 is 0. The average Bonchev–Trinajstić information content (AvgIpc) is 2.18. The molecular weight excluding hydrogens is 243 g/mol. The van der Waals surface area contributed by atoms with Crippen LogP contribution >= 0.6 is 0 Å². The second-order valence-corrected chi connectivity index (χ2v) is 5.97. The van der Waals surface area contributed by atoms with Crippen molar-refractivity contribution in [1.29, 1.82) is 0 Å². The highest BCUT2D eigenvalue weighted by atomic mass is 32.2. The maximum atomic E-state index is 13.3. The Morgan fingerprint density at radius 1 is 1.41 bits per heavy atom. The standard InChI is InChI=1S/C11H15FN2O2S/c12-10-3-1-2-4-11(10)14-17(15,16)8-6-9-5-7-13-9/h1-4,9,13-14H,5-8H2. The molecule has 4 nitrogen and oxygen atoms in total. The van der Waals surface area contributed by atoms with E-state index in [1.54, 1.807) is 6.07 Å². The van der Waals surface area contributed by atoms with Crippen LogP contribution in [0.5, 0.6) is 0 Å². The Balaban J connectivity index is 1.94. The molecular formula is C11H15FN2O2S. The molecule has 1 saturated heterocycles. The molecule has 1 aliphatic heterocycles. The Hall–Kier alpha value is -1.14. The van der Waals surface area contributed by atoms with Crippen LogP contribution in [0.2, 0.25) is 0 Å². The molecule has 1 aromatic rings. The summed E-state index contributed by atoms with van der Waals surface area (Å²) in [6, 6.07) is 6.03. The van der Waals surface area contributed by atoms with Gasteiger partial charge in [-0.15, -0.1) is 0 Å². The highest BCUT2D eigenvalue weighted by Gasteiger charge is 2.20. The van der Waals surface area contributed by atoms with Crippen LogP contribution in [0.1, 0.15) is 12.8 Å². The molecule has 1 unspecified atom stereocenters. The zero-order chi connectivity index (χ0) is 12.3. The highest BCUT2D eigenvalue weighted by Crippen LogP contribution is 2.15. The van der Waals surface area contributed by atoms with E-state index < -0.39 is 15.8 Å². The molecule has 1 fully saturated rings. The van der Waals surface area contributed by atoms with E-state index >= 15 is 0 Å². The quantitative estimate of drug-likeness (QED) is 0.837. The maximum absolute atomic E-state index is 13.3. The molecule has 0 aromatic heterocycles. The van der Waals surface area contributed by atoms with Gasteiger partial charge < -0.3 is 5.32 Å². The number of hydrogen-bond acceptors (Lipinski definition) is 3. The molecule has 0 aliphatic carbocycles. The van der Waals surface area contributed by atoms with E-state index in [9.17, 15) is 12.8 Å². The van der Waals surface area contributed by atoms with Gasteiger partial charge in [-0.05, 0) is 31.5 Å². The van der Waals surface area contributed by atoms with Gasteiger partial charge in [-0.2, -0.15) is 0 Å². The number of sulfonamides is 1. The van der Waals surface area contributed by atoms with Crippen molar-refractivity contribution in [1.82, 2.24) is 5.32 Å². The molecule has 1 aliphatic rings. The number of hydrogen-bond donors (Lipinski definition) is 2. The number of para-hydroxylation sites is 1. The summed E-state index contributed by atoms with van der Waals surface area (Å²) in [7, 11) is -3.46. The SMILES string of the molecule is O=S(=O)(CCC1CCN1)Nc1ccccc1F. The zero-order valence-electron chi connectivity index (χ0n) is 9.32. The van der Waals surface area contributed by atoms with Crippen LogP contribution in [-0.2, 0) is 10.0 Å². The molecule has 6 heteroatoms. The molecule has 1 heterocycles. The van der Waals surface area contributed by atoms with Crippen LogP contribution < -0.4 is 10.0 Å². The molecule has 1 aromatic carbocycles. The summed E-state index contributed by atoms with van der Waals surface area (Å²) in [5, 5.41) is 3.13. The minimum absolute atomic E-state index is 0.00840. The zero-order valence-corrected chi connectivity index (χ0v) is 10.1. The van der Waals surface area contributed by atoms with E-state index in [1.807, 2.05) is 0 Å². The number of halogens is 1. The van der Waals surface area contributed by atoms with E-state index in [-0.39, 0.29) is 17.5 Å². The average molecular weight is 258 g/mol. The van der Waals surface area contributed by atoms with Gasteiger partial charge in [-0.1, -0.05) is 12.1 Å². The van der Waals surface area contributed by atoms with E-state index in [0.717, 1.165) is 13.0 Å². The third-order valence-electron chi connectivity index (χ3n) is 2.80. The van der Waals surface area contributed by atoms with E-state index in [2.05, 4.69) is 10.0 Å². The van der Waals surface area contributed by atoms with Crippen LogP contribution in [0.4, 0.5) is 10.1 Å². The first-order valence-electron chi connectivity index (χ1n) is 5.55. The van der Waals surface area contributed by atoms with Crippen molar-refractivity contribution in [2.75, 3.05) is 17.0 Å². The van der Waals surface area contributed by atoms with Crippen molar-refractivity contribution in [3.05, 3.63) is 30.1 Å². The lowest BCUT2D eigenvalue weighted by Crippen LogP contribution is -2.44. The van der Waals surface area contributed by atoms with Crippen molar-refractivity contribution < 1.29 is 12.8 Å². The molecule has 0 amide bonds. The van der Waals surface area contributed by atoms with Gasteiger partial charge in [0.05, 0.1) is 11.4 Å². The normalized spacial score (nSPS) is 19.7. The number of nitrogens with one attached hydrogen (secondary N) is 2. The van der Waals surface area contributed by atoms with Crippen molar-refractivity contribution in [2.24, 2.45) is 0 Å². The van der Waals surface area contributed by atoms with Crippen molar-refractivity contribution in [3.63, 3.8) is 0 Å². The summed E-state index contributed by atoms with van der Waals surface area (Å²) in [4.78, 5) is 0. The fourth-order valence-corrected chi connectivity index (χ4v) is 2.85. The lowest BCUT2D eigenvalue weighted by molar-refractivity contribution is 0.362. The van der Waals surface area contributed by atoms with Crippen molar-refractivity contribution in [2.45, 2.75) is 18.9 Å². The minimum Gasteiger partial charge on any atom is -0.314 e. The summed E-state index contributed by atoms with van der Waals surface area (Å²) < 4.78 is 38.9. The summed E-state index contributed by atoms with van der Waals surface area (Å²) in [5.41, 5.74) is 0.00840. The van der Waals surface area contributed by atoms with Crippen LogP contribution in [-0.4, -0.2) is 26.8 Å². The molecule has 94 valence electrons. The molecule has 0 bridgehead atoms. The maximum Gasteiger partial charge on any atom is 0.232 e. The van der Waals surface area contributed by atoms with E-state index in [0.29, 0.717) is 6.42 Å². The third kappa shape index (κ3) is 3.41. The first-order valence-corrected chi connectivity index (χ1v) is 7.20. The van der Waals surface area contributed by atoms with E-state index in [1.165, 1.54) is 18.2 Å². The highest BCUT2D eigenvalue weighted by molar-refractivity contribution is 7.92. The first-order chi connectivity index (χ1) is 8.07. The van der Waals surface area contributed by atoms with Crippen LogP contribution in [0.3, 0.4) is 0 Å². The predicted molar refractivity (Wildman–Crippen MR) is 64.8 cm³/mol. The molecule has 0 spiro atoms. The lowest BCUT2D eigenvalue weighted by atomic mass is 10.1. The molecule has 17 heavy (non-hydrogen) atoms. The first kappa shape index (κ1) is 12.3. The second kappa shape index (κ2) is 5.01. The Kier molecular flexibility index (Phi) is 3.63.